The van der Waals surface area contributed by atoms with Crippen LogP contribution < -0.4 is 0 Å². The largest absolute Gasteiger partial charge is 0.455 e. The molecular formula is C12H11BrF12O6. The van der Waals surface area contributed by atoms with Gasteiger partial charge in [0.05, 0.1) is 0 Å². The Bertz CT molecular complexity index is 636. The molecule has 0 rings (SSSR count). The third-order valence-electron chi connectivity index (χ3n) is 2.53. The lowest BCUT2D eigenvalue weighted by molar-refractivity contribution is -0.558. The summed E-state index contributed by atoms with van der Waals surface area (Å²) < 4.78 is 165. The monoisotopic (exact) mass is 558 g/mol. The molecule has 0 aromatic carbocycles. The molecule has 0 atom stereocenters. The Labute approximate surface area is 172 Å². The molecule has 0 aromatic heterocycles. The molecule has 6 nitrogen and oxygen atoms in total. The Morgan fingerprint density at radius 1 is 0.710 bits per heavy atom. The molecule has 0 aliphatic rings. The standard InChI is InChI=1S/C12H11BrF12O6/c1-6(2,13)5(27)28-4-8(16,17)30-10(20,21)12(24,25)31-11(22,23)9(18,19)29-7(14,15)3-26/h26H,3-4H2,1-2H3. The molecule has 0 aliphatic heterocycles. The van der Waals surface area contributed by atoms with Gasteiger partial charge in [0.1, 0.15) is 10.9 Å². The van der Waals surface area contributed by atoms with Crippen LogP contribution in [0.2, 0.25) is 0 Å². The minimum Gasteiger partial charge on any atom is -0.455 e. The third-order valence-corrected chi connectivity index (χ3v) is 2.85. The first-order valence-corrected chi connectivity index (χ1v) is 7.94. The van der Waals surface area contributed by atoms with E-state index in [1.54, 1.807) is 4.74 Å². The second-order valence-corrected chi connectivity index (χ2v) is 7.84. The summed E-state index contributed by atoms with van der Waals surface area (Å²) >= 11 is 2.60. The fraction of sp³-hybridized carbons (Fsp3) is 0.917. The van der Waals surface area contributed by atoms with Crippen molar-refractivity contribution in [2.45, 2.75) is 54.8 Å². The Balaban J connectivity index is 5.48. The van der Waals surface area contributed by atoms with Crippen LogP contribution in [0.3, 0.4) is 0 Å². The number of halogens is 13. The van der Waals surface area contributed by atoms with E-state index in [0.29, 0.717) is 0 Å². The number of alkyl halides is 13. The van der Waals surface area contributed by atoms with Gasteiger partial charge >= 0.3 is 42.6 Å². The van der Waals surface area contributed by atoms with Gasteiger partial charge in [-0.1, -0.05) is 15.9 Å². The van der Waals surface area contributed by atoms with E-state index in [2.05, 4.69) is 30.1 Å². The molecule has 0 saturated heterocycles. The number of rotatable bonds is 12. The maximum atomic E-state index is 13.3. The van der Waals surface area contributed by atoms with E-state index >= 15 is 0 Å². The lowest BCUT2D eigenvalue weighted by atomic mass is 10.2. The average molecular weight is 559 g/mol. The Morgan fingerprint density at radius 3 is 1.35 bits per heavy atom. The molecule has 0 aliphatic carbocycles. The number of aliphatic hydroxyl groups is 1. The molecule has 0 saturated carbocycles. The lowest BCUT2D eigenvalue weighted by Gasteiger charge is -2.34. The van der Waals surface area contributed by atoms with Crippen LogP contribution in [0.1, 0.15) is 13.8 Å². The molecule has 0 bridgehead atoms. The fourth-order valence-electron chi connectivity index (χ4n) is 1.16. The molecule has 0 unspecified atom stereocenters. The van der Waals surface area contributed by atoms with Gasteiger partial charge in [0.2, 0.25) is 0 Å². The zero-order chi connectivity index (χ0) is 25.3. The van der Waals surface area contributed by atoms with Crippen molar-refractivity contribution in [3.8, 4) is 0 Å². The number of carbonyl (C=O) groups excluding carboxylic acids is 1. The minimum absolute atomic E-state index is 1.02. The number of carbonyl (C=O) groups is 1. The van der Waals surface area contributed by atoms with Gasteiger partial charge in [0, 0.05) is 0 Å². The summed E-state index contributed by atoms with van der Waals surface area (Å²) in [5.41, 5.74) is 0. The average Bonchev–Trinajstić information content (AvgIpc) is 2.48. The minimum atomic E-state index is -7.01. The maximum absolute atomic E-state index is 13.3. The summed E-state index contributed by atoms with van der Waals surface area (Å²) in [5.74, 6) is -1.55. The van der Waals surface area contributed by atoms with Crippen molar-refractivity contribution in [1.82, 2.24) is 0 Å². The molecule has 0 aromatic rings. The van der Waals surface area contributed by atoms with Crippen LogP contribution >= 0.6 is 15.9 Å². The zero-order valence-corrected chi connectivity index (χ0v) is 16.4. The zero-order valence-electron chi connectivity index (χ0n) is 14.8. The summed E-state index contributed by atoms with van der Waals surface area (Å²) in [6.07, 6.45) is -38.6. The number of esters is 1. The van der Waals surface area contributed by atoms with E-state index in [0.717, 1.165) is 13.8 Å². The Hall–Kier alpha value is -1.05. The maximum Gasteiger partial charge on any atom is 0.453 e. The highest BCUT2D eigenvalue weighted by atomic mass is 79.9. The summed E-state index contributed by atoms with van der Waals surface area (Å²) in [4.78, 5) is 11.2. The van der Waals surface area contributed by atoms with Crippen molar-refractivity contribution in [2.75, 3.05) is 13.2 Å². The topological polar surface area (TPSA) is 74.2 Å². The van der Waals surface area contributed by atoms with Crippen LogP contribution in [-0.4, -0.2) is 65.3 Å². The molecule has 0 fully saturated rings. The molecule has 0 spiro atoms. The molecule has 19 heteroatoms. The van der Waals surface area contributed by atoms with E-state index < -0.39 is 60.2 Å². The summed E-state index contributed by atoms with van der Waals surface area (Å²) in [6, 6.07) is 0. The lowest BCUT2D eigenvalue weighted by Crippen LogP contribution is -2.58. The first kappa shape index (κ1) is 29.9. The van der Waals surface area contributed by atoms with Crippen molar-refractivity contribution in [1.29, 1.82) is 0 Å². The van der Waals surface area contributed by atoms with E-state index in [4.69, 9.17) is 5.11 Å². The van der Waals surface area contributed by atoms with E-state index in [1.807, 2.05) is 0 Å². The highest BCUT2D eigenvalue weighted by Crippen LogP contribution is 2.48. The SMILES string of the molecule is CC(C)(Br)C(=O)OCC(F)(F)OC(F)(F)C(F)(F)OC(F)(F)C(F)(F)OC(F)(F)CO. The van der Waals surface area contributed by atoms with Gasteiger partial charge in [-0.15, -0.1) is 0 Å². The molecule has 0 amide bonds. The van der Waals surface area contributed by atoms with Gasteiger partial charge in [-0.05, 0) is 13.8 Å². The van der Waals surface area contributed by atoms with Crippen molar-refractivity contribution in [2.24, 2.45) is 0 Å². The number of ether oxygens (including phenoxy) is 4. The first-order valence-electron chi connectivity index (χ1n) is 7.15. The predicted molar refractivity (Wildman–Crippen MR) is 74.0 cm³/mol. The molecule has 0 radical (unpaired) electrons. The summed E-state index contributed by atoms with van der Waals surface area (Å²) in [5, 5.41) is 7.95. The van der Waals surface area contributed by atoms with Gasteiger partial charge in [0.25, 0.3) is 0 Å². The quantitative estimate of drug-likeness (QED) is 0.219. The highest BCUT2D eigenvalue weighted by Gasteiger charge is 2.74. The third kappa shape index (κ3) is 8.43. The van der Waals surface area contributed by atoms with E-state index in [9.17, 15) is 57.5 Å². The fourth-order valence-corrected chi connectivity index (χ4v) is 1.27. The van der Waals surface area contributed by atoms with Gasteiger partial charge in [0.15, 0.2) is 6.61 Å². The first-order chi connectivity index (χ1) is 13.3. The van der Waals surface area contributed by atoms with E-state index in [-0.39, 0.29) is 0 Å². The van der Waals surface area contributed by atoms with Crippen LogP contribution in [0.25, 0.3) is 0 Å². The van der Waals surface area contributed by atoms with Crippen LogP contribution in [0.5, 0.6) is 0 Å². The van der Waals surface area contributed by atoms with Crippen molar-refractivity contribution < 1.29 is 81.5 Å². The normalized spacial score (nSPS) is 15.2. The second-order valence-electron chi connectivity index (χ2n) is 5.85. The smallest absolute Gasteiger partial charge is 0.453 e. The van der Waals surface area contributed by atoms with E-state index in [1.165, 1.54) is 0 Å². The van der Waals surface area contributed by atoms with Gasteiger partial charge < -0.3 is 9.84 Å². The number of aliphatic hydroxyl groups excluding tert-OH is 1. The van der Waals surface area contributed by atoms with Crippen LogP contribution in [0, 0.1) is 0 Å². The van der Waals surface area contributed by atoms with Gasteiger partial charge in [-0.25, -0.2) is 14.2 Å². The highest BCUT2D eigenvalue weighted by molar-refractivity contribution is 9.10. The molecule has 31 heavy (non-hydrogen) atoms. The van der Waals surface area contributed by atoms with Crippen LogP contribution in [-0.2, 0) is 23.7 Å². The summed E-state index contributed by atoms with van der Waals surface area (Å²) in [6.45, 7) is -3.10. The molecule has 1 N–H and O–H groups in total. The molecular weight excluding hydrogens is 548 g/mol. The van der Waals surface area contributed by atoms with Crippen LogP contribution in [0.4, 0.5) is 52.7 Å². The Morgan fingerprint density at radius 2 is 1.03 bits per heavy atom. The summed E-state index contributed by atoms with van der Waals surface area (Å²) in [7, 11) is 0. The van der Waals surface area contributed by atoms with Crippen LogP contribution in [0.15, 0.2) is 0 Å². The van der Waals surface area contributed by atoms with Crippen molar-refractivity contribution >= 4 is 21.9 Å². The van der Waals surface area contributed by atoms with Crippen molar-refractivity contribution in [3.63, 3.8) is 0 Å². The Kier molecular flexibility index (Phi) is 8.76. The number of hydrogen-bond acceptors (Lipinski definition) is 6. The van der Waals surface area contributed by atoms with Gasteiger partial charge in [-0.2, -0.15) is 52.7 Å². The van der Waals surface area contributed by atoms with Gasteiger partial charge in [-0.3, -0.25) is 4.79 Å². The predicted octanol–water partition coefficient (Wildman–Crippen LogP) is 4.30. The number of hydrogen-bond donors (Lipinski definition) is 1. The molecule has 0 heterocycles. The molecule has 186 valence electrons. The second kappa shape index (κ2) is 9.06. The van der Waals surface area contributed by atoms with Crippen molar-refractivity contribution in [3.05, 3.63) is 0 Å².